The molecular weight excluding hydrogens is 404 g/mol. The number of thioether (sulfide) groups is 1. The molecule has 1 fully saturated rings. The Morgan fingerprint density at radius 3 is 2.45 bits per heavy atom. The van der Waals surface area contributed by atoms with Gasteiger partial charge in [0.15, 0.2) is 0 Å². The third-order valence-electron chi connectivity index (χ3n) is 4.44. The minimum absolute atomic E-state index is 0.121. The number of thiocarbonyl (C=S) groups is 1. The van der Waals surface area contributed by atoms with E-state index in [1.54, 1.807) is 6.08 Å². The van der Waals surface area contributed by atoms with Crippen LogP contribution >= 0.6 is 24.0 Å². The highest BCUT2D eigenvalue weighted by Crippen LogP contribution is 2.32. The van der Waals surface area contributed by atoms with Gasteiger partial charge < -0.3 is 10.4 Å². The Morgan fingerprint density at radius 2 is 1.79 bits per heavy atom. The fourth-order valence-corrected chi connectivity index (χ4v) is 4.28. The number of nitrogens with zero attached hydrogens (tertiary/aromatic N) is 1. The first kappa shape index (κ1) is 21.2. The summed E-state index contributed by atoms with van der Waals surface area (Å²) in [6, 6.07) is 18.9. The molecule has 2 amide bonds. The van der Waals surface area contributed by atoms with Crippen molar-refractivity contribution in [2.75, 3.05) is 13.2 Å². The fraction of sp³-hybridized carbons (Fsp3) is 0.227. The number of hydrogen-bond acceptors (Lipinski definition) is 5. The van der Waals surface area contributed by atoms with Crippen molar-refractivity contribution in [3.8, 4) is 0 Å². The summed E-state index contributed by atoms with van der Waals surface area (Å²) in [7, 11) is 0. The van der Waals surface area contributed by atoms with E-state index >= 15 is 0 Å². The minimum atomic E-state index is -0.367. The summed E-state index contributed by atoms with van der Waals surface area (Å²) < 4.78 is 0.452. The molecule has 1 aliphatic rings. The Balaban J connectivity index is 1.53. The molecule has 0 bridgehead atoms. The molecule has 2 aromatic rings. The topological polar surface area (TPSA) is 69.6 Å². The van der Waals surface area contributed by atoms with E-state index in [1.165, 1.54) is 16.7 Å². The van der Waals surface area contributed by atoms with Gasteiger partial charge in [-0.1, -0.05) is 84.6 Å². The van der Waals surface area contributed by atoms with Crippen LogP contribution in [0.15, 0.2) is 65.6 Å². The summed E-state index contributed by atoms with van der Waals surface area (Å²) >= 11 is 6.56. The summed E-state index contributed by atoms with van der Waals surface area (Å²) in [4.78, 5) is 27.0. The zero-order valence-electron chi connectivity index (χ0n) is 15.8. The van der Waals surface area contributed by atoms with Gasteiger partial charge in [-0.2, -0.15) is 0 Å². The minimum Gasteiger partial charge on any atom is -0.394 e. The van der Waals surface area contributed by atoms with E-state index in [4.69, 9.17) is 12.2 Å². The molecule has 0 aliphatic carbocycles. The Labute approximate surface area is 179 Å². The molecule has 5 nitrogen and oxygen atoms in total. The smallest absolute Gasteiger partial charge is 0.266 e. The van der Waals surface area contributed by atoms with E-state index in [-0.39, 0.29) is 37.4 Å². The number of rotatable bonds is 8. The lowest BCUT2D eigenvalue weighted by molar-refractivity contribution is -0.124. The Bertz CT molecular complexity index is 901. The zero-order chi connectivity index (χ0) is 20.6. The van der Waals surface area contributed by atoms with Crippen LogP contribution in [0.1, 0.15) is 17.5 Å². The van der Waals surface area contributed by atoms with Crippen molar-refractivity contribution in [1.82, 2.24) is 10.2 Å². The van der Waals surface area contributed by atoms with Gasteiger partial charge in [-0.25, -0.2) is 0 Å². The largest absolute Gasteiger partial charge is 0.394 e. The predicted octanol–water partition coefficient (Wildman–Crippen LogP) is 3.00. The molecule has 0 radical (unpaired) electrons. The van der Waals surface area contributed by atoms with Crippen molar-refractivity contribution in [2.45, 2.75) is 18.9 Å². The monoisotopic (exact) mass is 426 g/mol. The lowest BCUT2D eigenvalue weighted by Gasteiger charge is -2.18. The van der Waals surface area contributed by atoms with Gasteiger partial charge in [0.05, 0.1) is 17.6 Å². The number of aliphatic hydroxyl groups is 1. The normalized spacial score (nSPS) is 16.3. The zero-order valence-corrected chi connectivity index (χ0v) is 17.4. The standard InChI is InChI=1S/C22H22N2O3S2/c25-15-18(13-16-7-3-1-4-8-16)23-20(26)11-12-24-21(27)19(29-22(24)28)14-17-9-5-2-6-10-17/h1-10,14,18,25H,11-13,15H2,(H,23,26)/b19-14+. The van der Waals surface area contributed by atoms with Crippen LogP contribution in [0.3, 0.4) is 0 Å². The first-order valence-electron chi connectivity index (χ1n) is 9.31. The van der Waals surface area contributed by atoms with Crippen LogP contribution in [0.25, 0.3) is 6.08 Å². The predicted molar refractivity (Wildman–Crippen MR) is 120 cm³/mol. The van der Waals surface area contributed by atoms with Gasteiger partial charge in [0.25, 0.3) is 5.91 Å². The second-order valence-electron chi connectivity index (χ2n) is 6.63. The number of aliphatic hydroxyl groups excluding tert-OH is 1. The summed E-state index contributed by atoms with van der Waals surface area (Å²) in [6.07, 6.45) is 2.47. The van der Waals surface area contributed by atoms with E-state index in [9.17, 15) is 14.7 Å². The molecule has 1 aliphatic heterocycles. The van der Waals surface area contributed by atoms with Crippen LogP contribution in [0.4, 0.5) is 0 Å². The maximum absolute atomic E-state index is 12.6. The van der Waals surface area contributed by atoms with Gasteiger partial charge in [-0.3, -0.25) is 14.5 Å². The van der Waals surface area contributed by atoms with E-state index in [0.717, 1.165) is 11.1 Å². The van der Waals surface area contributed by atoms with Crippen molar-refractivity contribution in [1.29, 1.82) is 0 Å². The molecule has 2 N–H and O–H groups in total. The summed E-state index contributed by atoms with van der Waals surface area (Å²) in [5, 5.41) is 12.4. The third-order valence-corrected chi connectivity index (χ3v) is 5.82. The van der Waals surface area contributed by atoms with Gasteiger partial charge in [0.2, 0.25) is 5.91 Å². The first-order chi connectivity index (χ1) is 14.1. The number of nitrogens with one attached hydrogen (secondary N) is 1. The van der Waals surface area contributed by atoms with Gasteiger partial charge in [0.1, 0.15) is 4.32 Å². The molecule has 1 unspecified atom stereocenters. The highest BCUT2D eigenvalue weighted by molar-refractivity contribution is 8.26. The number of carbonyl (C=O) groups is 2. The molecule has 0 saturated carbocycles. The summed E-state index contributed by atoms with van der Waals surface area (Å²) in [5.41, 5.74) is 1.97. The summed E-state index contributed by atoms with van der Waals surface area (Å²) in [5.74, 6) is -0.402. The average molecular weight is 427 g/mol. The molecule has 1 heterocycles. The molecule has 0 spiro atoms. The van der Waals surface area contributed by atoms with E-state index < -0.39 is 0 Å². The van der Waals surface area contributed by atoms with Crippen molar-refractivity contribution in [3.63, 3.8) is 0 Å². The lowest BCUT2D eigenvalue weighted by Crippen LogP contribution is -2.41. The van der Waals surface area contributed by atoms with Gasteiger partial charge >= 0.3 is 0 Å². The average Bonchev–Trinajstić information content (AvgIpc) is 3.00. The van der Waals surface area contributed by atoms with Crippen molar-refractivity contribution < 1.29 is 14.7 Å². The quantitative estimate of drug-likeness (QED) is 0.502. The van der Waals surface area contributed by atoms with Crippen LogP contribution in [-0.4, -0.2) is 45.3 Å². The van der Waals surface area contributed by atoms with Crippen LogP contribution < -0.4 is 5.32 Å². The second-order valence-corrected chi connectivity index (χ2v) is 8.31. The molecule has 150 valence electrons. The number of hydrogen-bond donors (Lipinski definition) is 2. The Hall–Kier alpha value is -2.48. The van der Waals surface area contributed by atoms with Gasteiger partial charge in [-0.15, -0.1) is 0 Å². The Kier molecular flexibility index (Phi) is 7.57. The van der Waals surface area contributed by atoms with Crippen LogP contribution in [0.2, 0.25) is 0 Å². The van der Waals surface area contributed by atoms with Gasteiger partial charge in [0, 0.05) is 13.0 Å². The van der Waals surface area contributed by atoms with Crippen LogP contribution in [-0.2, 0) is 16.0 Å². The number of carbonyl (C=O) groups excluding carboxylic acids is 2. The molecule has 2 aromatic carbocycles. The SMILES string of the molecule is O=C(CCN1C(=O)/C(=C\c2ccccc2)SC1=S)NC(CO)Cc1ccccc1. The van der Waals surface area contributed by atoms with Crippen molar-refractivity contribution in [2.24, 2.45) is 0 Å². The molecule has 7 heteroatoms. The van der Waals surface area contributed by atoms with E-state index in [2.05, 4.69) is 5.32 Å². The molecule has 1 atom stereocenters. The van der Waals surface area contributed by atoms with E-state index in [0.29, 0.717) is 15.6 Å². The van der Waals surface area contributed by atoms with Crippen LogP contribution in [0.5, 0.6) is 0 Å². The number of benzene rings is 2. The molecule has 0 aromatic heterocycles. The first-order valence-corrected chi connectivity index (χ1v) is 10.5. The van der Waals surface area contributed by atoms with Crippen LogP contribution in [0, 0.1) is 0 Å². The third kappa shape index (κ3) is 6.00. The maximum atomic E-state index is 12.6. The van der Waals surface area contributed by atoms with Crippen molar-refractivity contribution >= 4 is 46.2 Å². The highest BCUT2D eigenvalue weighted by Gasteiger charge is 2.32. The number of amides is 2. The fourth-order valence-electron chi connectivity index (χ4n) is 2.97. The molecule has 29 heavy (non-hydrogen) atoms. The molecule has 3 rings (SSSR count). The highest BCUT2D eigenvalue weighted by atomic mass is 32.2. The maximum Gasteiger partial charge on any atom is 0.266 e. The molecule has 1 saturated heterocycles. The summed E-state index contributed by atoms with van der Waals surface area (Å²) in [6.45, 7) is 0.0631. The Morgan fingerprint density at radius 1 is 1.14 bits per heavy atom. The lowest BCUT2D eigenvalue weighted by atomic mass is 10.1. The molecular formula is C22H22N2O3S2. The van der Waals surface area contributed by atoms with Gasteiger partial charge in [-0.05, 0) is 23.6 Å². The van der Waals surface area contributed by atoms with E-state index in [1.807, 2.05) is 60.7 Å². The second kappa shape index (κ2) is 10.3. The van der Waals surface area contributed by atoms with Crippen molar-refractivity contribution in [3.05, 3.63) is 76.7 Å².